The first-order valence-electron chi connectivity index (χ1n) is 6.12. The standard InChI is InChI=1S/C14H17ClN4/c1-10(12-5-3-4-6-13(12)15)19(2)14-17-8-7-11(9-16)18-14/h3-8,10H,9,16H2,1-2H3. The molecule has 0 bridgehead atoms. The quantitative estimate of drug-likeness (QED) is 0.933. The van der Waals surface area contributed by atoms with Gasteiger partial charge in [-0.1, -0.05) is 29.8 Å². The van der Waals surface area contributed by atoms with Gasteiger partial charge in [0.2, 0.25) is 5.95 Å². The Hall–Kier alpha value is -1.65. The van der Waals surface area contributed by atoms with Gasteiger partial charge in [-0.3, -0.25) is 0 Å². The number of halogens is 1. The lowest BCUT2D eigenvalue weighted by Gasteiger charge is -2.26. The summed E-state index contributed by atoms with van der Waals surface area (Å²) in [7, 11) is 1.95. The van der Waals surface area contributed by atoms with E-state index in [9.17, 15) is 0 Å². The Morgan fingerprint density at radius 1 is 1.32 bits per heavy atom. The molecule has 5 heteroatoms. The maximum Gasteiger partial charge on any atom is 0.225 e. The summed E-state index contributed by atoms with van der Waals surface area (Å²) in [5.41, 5.74) is 7.47. The van der Waals surface area contributed by atoms with Crippen LogP contribution in [0.4, 0.5) is 5.95 Å². The number of hydrogen-bond acceptors (Lipinski definition) is 4. The molecule has 0 aliphatic heterocycles. The van der Waals surface area contributed by atoms with Crippen LogP contribution in [0.1, 0.15) is 24.2 Å². The maximum absolute atomic E-state index is 6.22. The van der Waals surface area contributed by atoms with Crippen molar-refractivity contribution >= 4 is 17.5 Å². The largest absolute Gasteiger partial charge is 0.337 e. The molecule has 1 aromatic heterocycles. The van der Waals surface area contributed by atoms with E-state index in [4.69, 9.17) is 17.3 Å². The van der Waals surface area contributed by atoms with Crippen LogP contribution in [0, 0.1) is 0 Å². The highest BCUT2D eigenvalue weighted by molar-refractivity contribution is 6.31. The maximum atomic E-state index is 6.22. The Labute approximate surface area is 118 Å². The summed E-state index contributed by atoms with van der Waals surface area (Å²) in [4.78, 5) is 10.7. The van der Waals surface area contributed by atoms with Gasteiger partial charge in [0.1, 0.15) is 0 Å². The van der Waals surface area contributed by atoms with E-state index >= 15 is 0 Å². The molecule has 0 aliphatic rings. The second-order valence-electron chi connectivity index (χ2n) is 4.36. The number of nitrogens with two attached hydrogens (primary N) is 1. The van der Waals surface area contributed by atoms with E-state index < -0.39 is 0 Å². The average Bonchev–Trinajstić information content (AvgIpc) is 2.46. The fourth-order valence-corrected chi connectivity index (χ4v) is 2.16. The predicted molar refractivity (Wildman–Crippen MR) is 78.2 cm³/mol. The number of nitrogens with zero attached hydrogens (tertiary/aromatic N) is 3. The second kappa shape index (κ2) is 5.99. The van der Waals surface area contributed by atoms with Crippen molar-refractivity contribution in [3.63, 3.8) is 0 Å². The summed E-state index contributed by atoms with van der Waals surface area (Å²) < 4.78 is 0. The highest BCUT2D eigenvalue weighted by Crippen LogP contribution is 2.28. The Morgan fingerprint density at radius 2 is 2.05 bits per heavy atom. The smallest absolute Gasteiger partial charge is 0.225 e. The van der Waals surface area contributed by atoms with Gasteiger partial charge in [0.15, 0.2) is 0 Å². The van der Waals surface area contributed by atoms with Gasteiger partial charge in [0.25, 0.3) is 0 Å². The van der Waals surface area contributed by atoms with E-state index in [2.05, 4.69) is 16.9 Å². The highest BCUT2D eigenvalue weighted by Gasteiger charge is 2.16. The molecule has 2 aromatic rings. The molecule has 1 atom stereocenters. The van der Waals surface area contributed by atoms with Crippen LogP contribution in [0.15, 0.2) is 36.5 Å². The van der Waals surface area contributed by atoms with Gasteiger partial charge in [0, 0.05) is 24.8 Å². The van der Waals surface area contributed by atoms with Gasteiger partial charge < -0.3 is 10.6 Å². The number of benzene rings is 1. The summed E-state index contributed by atoms with van der Waals surface area (Å²) in [5.74, 6) is 0.648. The molecule has 0 saturated heterocycles. The van der Waals surface area contributed by atoms with Crippen molar-refractivity contribution in [3.05, 3.63) is 52.8 Å². The summed E-state index contributed by atoms with van der Waals surface area (Å²) in [6.45, 7) is 2.48. The molecule has 4 nitrogen and oxygen atoms in total. The van der Waals surface area contributed by atoms with Crippen LogP contribution in [0.25, 0.3) is 0 Å². The molecular weight excluding hydrogens is 260 g/mol. The highest BCUT2D eigenvalue weighted by atomic mass is 35.5. The van der Waals surface area contributed by atoms with E-state index in [0.29, 0.717) is 12.5 Å². The molecule has 2 rings (SSSR count). The summed E-state index contributed by atoms with van der Waals surface area (Å²) in [5, 5.41) is 0.747. The third kappa shape index (κ3) is 3.03. The van der Waals surface area contributed by atoms with Gasteiger partial charge in [-0.05, 0) is 24.6 Å². The van der Waals surface area contributed by atoms with E-state index in [1.54, 1.807) is 6.20 Å². The molecule has 1 aromatic carbocycles. The first-order valence-corrected chi connectivity index (χ1v) is 6.50. The summed E-state index contributed by atoms with van der Waals surface area (Å²) in [6.07, 6.45) is 1.72. The van der Waals surface area contributed by atoms with Gasteiger partial charge in [0.05, 0.1) is 11.7 Å². The Morgan fingerprint density at radius 3 is 2.74 bits per heavy atom. The molecule has 1 heterocycles. The van der Waals surface area contributed by atoms with Gasteiger partial charge in [-0.25, -0.2) is 9.97 Å². The molecular formula is C14H17ClN4. The number of anilines is 1. The third-order valence-corrected chi connectivity index (χ3v) is 3.51. The predicted octanol–water partition coefficient (Wildman–Crippen LogP) is 2.79. The van der Waals surface area contributed by atoms with Crippen molar-refractivity contribution in [1.29, 1.82) is 0 Å². The van der Waals surface area contributed by atoms with Crippen LogP contribution < -0.4 is 10.6 Å². The van der Waals surface area contributed by atoms with Crippen molar-refractivity contribution in [1.82, 2.24) is 9.97 Å². The van der Waals surface area contributed by atoms with E-state index in [0.717, 1.165) is 16.3 Å². The first-order chi connectivity index (χ1) is 9.13. The summed E-state index contributed by atoms with van der Waals surface area (Å²) in [6, 6.07) is 9.70. The zero-order valence-electron chi connectivity index (χ0n) is 11.0. The lowest BCUT2D eigenvalue weighted by atomic mass is 10.1. The van der Waals surface area contributed by atoms with Gasteiger partial charge in [-0.2, -0.15) is 0 Å². The minimum Gasteiger partial charge on any atom is -0.337 e. The zero-order chi connectivity index (χ0) is 13.8. The molecule has 19 heavy (non-hydrogen) atoms. The molecule has 0 amide bonds. The fraction of sp³-hybridized carbons (Fsp3) is 0.286. The van der Waals surface area contributed by atoms with Gasteiger partial charge >= 0.3 is 0 Å². The fourth-order valence-electron chi connectivity index (χ4n) is 1.86. The number of hydrogen-bond donors (Lipinski definition) is 1. The van der Waals surface area contributed by atoms with Crippen LogP contribution in [0.3, 0.4) is 0 Å². The Bertz CT molecular complexity index is 559. The lowest BCUT2D eigenvalue weighted by Crippen LogP contribution is -2.24. The van der Waals surface area contributed by atoms with Crippen molar-refractivity contribution in [2.45, 2.75) is 19.5 Å². The Balaban J connectivity index is 2.28. The first kappa shape index (κ1) is 13.8. The molecule has 0 spiro atoms. The zero-order valence-corrected chi connectivity index (χ0v) is 11.8. The topological polar surface area (TPSA) is 55.0 Å². The van der Waals surface area contributed by atoms with E-state index in [1.807, 2.05) is 42.3 Å². The van der Waals surface area contributed by atoms with Gasteiger partial charge in [-0.15, -0.1) is 0 Å². The molecule has 0 saturated carbocycles. The Kier molecular flexibility index (Phi) is 4.35. The van der Waals surface area contributed by atoms with Crippen molar-refractivity contribution in [3.8, 4) is 0 Å². The number of aromatic nitrogens is 2. The summed E-state index contributed by atoms with van der Waals surface area (Å²) >= 11 is 6.22. The lowest BCUT2D eigenvalue weighted by molar-refractivity contribution is 0.711. The molecule has 0 fully saturated rings. The van der Waals surface area contributed by atoms with Crippen LogP contribution >= 0.6 is 11.6 Å². The molecule has 0 radical (unpaired) electrons. The third-order valence-electron chi connectivity index (χ3n) is 3.16. The SMILES string of the molecule is CC(c1ccccc1Cl)N(C)c1nccc(CN)n1. The molecule has 0 aliphatic carbocycles. The average molecular weight is 277 g/mol. The van der Waals surface area contributed by atoms with Crippen molar-refractivity contribution < 1.29 is 0 Å². The van der Waals surface area contributed by atoms with Crippen LogP contribution in [-0.2, 0) is 6.54 Å². The van der Waals surface area contributed by atoms with E-state index in [1.165, 1.54) is 0 Å². The van der Waals surface area contributed by atoms with Crippen LogP contribution in [0.5, 0.6) is 0 Å². The minimum absolute atomic E-state index is 0.0849. The van der Waals surface area contributed by atoms with Crippen LogP contribution in [-0.4, -0.2) is 17.0 Å². The second-order valence-corrected chi connectivity index (χ2v) is 4.77. The number of rotatable bonds is 4. The van der Waals surface area contributed by atoms with Crippen LogP contribution in [0.2, 0.25) is 5.02 Å². The van der Waals surface area contributed by atoms with E-state index in [-0.39, 0.29) is 6.04 Å². The minimum atomic E-state index is 0.0849. The molecule has 100 valence electrons. The van der Waals surface area contributed by atoms with Crippen molar-refractivity contribution in [2.75, 3.05) is 11.9 Å². The molecule has 1 unspecified atom stereocenters. The van der Waals surface area contributed by atoms with Crippen molar-refractivity contribution in [2.24, 2.45) is 5.73 Å². The normalized spacial score (nSPS) is 12.2. The molecule has 2 N–H and O–H groups in total. The monoisotopic (exact) mass is 276 g/mol.